The van der Waals surface area contributed by atoms with Crippen LogP contribution in [-0.2, 0) is 9.53 Å². The average Bonchev–Trinajstić information content (AvgIpc) is 2.31. The minimum atomic E-state index is -0.436. The van der Waals surface area contributed by atoms with Crippen molar-refractivity contribution in [1.29, 1.82) is 0 Å². The number of aliphatic hydroxyl groups is 1. The molecule has 0 radical (unpaired) electrons. The quantitative estimate of drug-likeness (QED) is 0.467. The summed E-state index contributed by atoms with van der Waals surface area (Å²) in [7, 11) is 0. The molecular formula is C8H12O3. The number of aliphatic hydroxyl groups excluding tert-OH is 1. The fourth-order valence-corrected chi connectivity index (χ4v) is 1.08. The molecule has 1 N–H and O–H groups in total. The van der Waals surface area contributed by atoms with E-state index in [9.17, 15) is 9.90 Å². The SMILES string of the molecule is CC(=O)OCC1CC=CC1O. The average molecular weight is 156 g/mol. The summed E-state index contributed by atoms with van der Waals surface area (Å²) in [6.45, 7) is 1.69. The molecule has 3 nitrogen and oxygen atoms in total. The Morgan fingerprint density at radius 3 is 3.00 bits per heavy atom. The van der Waals surface area contributed by atoms with Crippen LogP contribution in [0.3, 0.4) is 0 Å². The van der Waals surface area contributed by atoms with E-state index in [2.05, 4.69) is 0 Å². The summed E-state index contributed by atoms with van der Waals surface area (Å²) in [6.07, 6.45) is 4.00. The van der Waals surface area contributed by atoms with Crippen LogP contribution in [0, 0.1) is 5.92 Å². The molecule has 0 heterocycles. The third kappa shape index (κ3) is 2.35. The Kier molecular flexibility index (Phi) is 2.65. The topological polar surface area (TPSA) is 46.5 Å². The van der Waals surface area contributed by atoms with Crippen molar-refractivity contribution in [2.75, 3.05) is 6.61 Å². The van der Waals surface area contributed by atoms with E-state index in [1.807, 2.05) is 6.08 Å². The van der Waals surface area contributed by atoms with Gasteiger partial charge in [0.25, 0.3) is 0 Å². The number of carbonyl (C=O) groups excluding carboxylic acids is 1. The summed E-state index contributed by atoms with van der Waals surface area (Å²) in [5.41, 5.74) is 0. The molecule has 0 fully saturated rings. The van der Waals surface area contributed by atoms with Crippen molar-refractivity contribution >= 4 is 5.97 Å². The lowest BCUT2D eigenvalue weighted by Gasteiger charge is -2.12. The van der Waals surface area contributed by atoms with Gasteiger partial charge in [0.1, 0.15) is 0 Å². The van der Waals surface area contributed by atoms with Gasteiger partial charge in [-0.15, -0.1) is 0 Å². The molecule has 11 heavy (non-hydrogen) atoms. The van der Waals surface area contributed by atoms with Crippen LogP contribution in [0.2, 0.25) is 0 Å². The Bertz CT molecular complexity index is 174. The first-order chi connectivity index (χ1) is 5.20. The molecule has 1 aliphatic carbocycles. The second-order valence-corrected chi connectivity index (χ2v) is 2.72. The van der Waals surface area contributed by atoms with Gasteiger partial charge in [-0.2, -0.15) is 0 Å². The molecule has 0 bridgehead atoms. The Morgan fingerprint density at radius 2 is 2.55 bits per heavy atom. The van der Waals surface area contributed by atoms with Gasteiger partial charge in [-0.25, -0.2) is 0 Å². The zero-order chi connectivity index (χ0) is 8.27. The molecule has 0 saturated heterocycles. The van der Waals surface area contributed by atoms with Gasteiger partial charge in [0.15, 0.2) is 0 Å². The largest absolute Gasteiger partial charge is 0.465 e. The minimum absolute atomic E-state index is 0.0684. The molecule has 0 aromatic heterocycles. The van der Waals surface area contributed by atoms with E-state index in [4.69, 9.17) is 4.74 Å². The number of ether oxygens (including phenoxy) is 1. The van der Waals surface area contributed by atoms with Crippen molar-refractivity contribution in [3.8, 4) is 0 Å². The molecule has 0 amide bonds. The lowest BCUT2D eigenvalue weighted by atomic mass is 10.1. The second kappa shape index (κ2) is 3.53. The van der Waals surface area contributed by atoms with E-state index in [0.29, 0.717) is 6.61 Å². The van der Waals surface area contributed by atoms with Gasteiger partial charge in [-0.1, -0.05) is 12.2 Å². The number of rotatable bonds is 2. The van der Waals surface area contributed by atoms with Crippen molar-refractivity contribution in [1.82, 2.24) is 0 Å². The van der Waals surface area contributed by atoms with Crippen LogP contribution < -0.4 is 0 Å². The molecule has 0 spiro atoms. The first-order valence-electron chi connectivity index (χ1n) is 3.68. The summed E-state index contributed by atoms with van der Waals surface area (Å²) >= 11 is 0. The standard InChI is InChI=1S/C8H12O3/c1-6(9)11-5-7-3-2-4-8(7)10/h2,4,7-8,10H,3,5H2,1H3. The zero-order valence-corrected chi connectivity index (χ0v) is 6.49. The molecule has 1 aliphatic rings. The maximum atomic E-state index is 10.4. The first-order valence-corrected chi connectivity index (χ1v) is 3.68. The van der Waals surface area contributed by atoms with Crippen molar-refractivity contribution in [2.45, 2.75) is 19.4 Å². The van der Waals surface area contributed by atoms with Gasteiger partial charge in [-0.05, 0) is 6.42 Å². The van der Waals surface area contributed by atoms with Crippen LogP contribution in [-0.4, -0.2) is 23.8 Å². The molecule has 0 aromatic carbocycles. The number of hydrogen-bond acceptors (Lipinski definition) is 3. The molecule has 0 aliphatic heterocycles. The van der Waals surface area contributed by atoms with E-state index >= 15 is 0 Å². The van der Waals surface area contributed by atoms with E-state index in [1.54, 1.807) is 6.08 Å². The Balaban J connectivity index is 2.23. The lowest BCUT2D eigenvalue weighted by Crippen LogP contribution is -2.20. The summed E-state index contributed by atoms with van der Waals surface area (Å²) in [4.78, 5) is 10.4. The predicted octanol–water partition coefficient (Wildman–Crippen LogP) is 0.486. The smallest absolute Gasteiger partial charge is 0.302 e. The van der Waals surface area contributed by atoms with Crippen molar-refractivity contribution < 1.29 is 14.6 Å². The van der Waals surface area contributed by atoms with E-state index < -0.39 is 6.10 Å². The van der Waals surface area contributed by atoms with Gasteiger partial charge < -0.3 is 9.84 Å². The number of esters is 1. The van der Waals surface area contributed by atoms with Crippen LogP contribution >= 0.6 is 0 Å². The van der Waals surface area contributed by atoms with Crippen molar-refractivity contribution in [2.24, 2.45) is 5.92 Å². The van der Waals surface area contributed by atoms with Gasteiger partial charge in [0, 0.05) is 12.8 Å². The Labute approximate surface area is 65.7 Å². The normalized spacial score (nSPS) is 28.9. The highest BCUT2D eigenvalue weighted by Gasteiger charge is 2.20. The van der Waals surface area contributed by atoms with Crippen LogP contribution in [0.15, 0.2) is 12.2 Å². The molecular weight excluding hydrogens is 144 g/mol. The number of allylic oxidation sites excluding steroid dienone is 1. The first kappa shape index (κ1) is 8.27. The molecule has 3 heteroatoms. The molecule has 2 unspecified atom stereocenters. The van der Waals surface area contributed by atoms with E-state index in [0.717, 1.165) is 6.42 Å². The highest BCUT2D eigenvalue weighted by Crippen LogP contribution is 2.18. The molecule has 2 atom stereocenters. The third-order valence-electron chi connectivity index (χ3n) is 1.76. The van der Waals surface area contributed by atoms with Crippen molar-refractivity contribution in [3.63, 3.8) is 0 Å². The monoisotopic (exact) mass is 156 g/mol. The predicted molar refractivity (Wildman–Crippen MR) is 39.9 cm³/mol. The fourth-order valence-electron chi connectivity index (χ4n) is 1.08. The molecule has 1 rings (SSSR count). The second-order valence-electron chi connectivity index (χ2n) is 2.72. The highest BCUT2D eigenvalue weighted by atomic mass is 16.5. The lowest BCUT2D eigenvalue weighted by molar-refractivity contribution is -0.142. The van der Waals surface area contributed by atoms with Crippen LogP contribution in [0.5, 0.6) is 0 Å². The van der Waals surface area contributed by atoms with Gasteiger partial charge in [0.2, 0.25) is 0 Å². The van der Waals surface area contributed by atoms with E-state index in [1.165, 1.54) is 6.92 Å². The third-order valence-corrected chi connectivity index (χ3v) is 1.76. The Morgan fingerprint density at radius 1 is 1.82 bits per heavy atom. The van der Waals surface area contributed by atoms with Gasteiger partial charge >= 0.3 is 5.97 Å². The molecule has 0 aromatic rings. The zero-order valence-electron chi connectivity index (χ0n) is 6.49. The van der Waals surface area contributed by atoms with Crippen molar-refractivity contribution in [3.05, 3.63) is 12.2 Å². The molecule has 62 valence electrons. The summed E-state index contributed by atoms with van der Waals surface area (Å²) in [6, 6.07) is 0. The minimum Gasteiger partial charge on any atom is -0.465 e. The number of carbonyl (C=O) groups is 1. The fraction of sp³-hybridized carbons (Fsp3) is 0.625. The molecule has 0 saturated carbocycles. The van der Waals surface area contributed by atoms with Gasteiger partial charge in [-0.3, -0.25) is 4.79 Å². The maximum Gasteiger partial charge on any atom is 0.302 e. The maximum absolute atomic E-state index is 10.4. The van der Waals surface area contributed by atoms with Crippen LogP contribution in [0.4, 0.5) is 0 Å². The van der Waals surface area contributed by atoms with Crippen LogP contribution in [0.25, 0.3) is 0 Å². The number of hydrogen-bond donors (Lipinski definition) is 1. The summed E-state index contributed by atoms with van der Waals surface area (Å²) < 4.78 is 4.76. The summed E-state index contributed by atoms with van der Waals surface area (Å²) in [5.74, 6) is -0.219. The van der Waals surface area contributed by atoms with Gasteiger partial charge in [0.05, 0.1) is 12.7 Å². The summed E-state index contributed by atoms with van der Waals surface area (Å²) in [5, 5.41) is 9.22. The highest BCUT2D eigenvalue weighted by molar-refractivity contribution is 5.65. The Hall–Kier alpha value is -0.830. The van der Waals surface area contributed by atoms with Crippen LogP contribution in [0.1, 0.15) is 13.3 Å². The van der Waals surface area contributed by atoms with E-state index in [-0.39, 0.29) is 11.9 Å².